The molecule has 0 amide bonds. The number of hydrogen-bond donors (Lipinski definition) is 0. The summed E-state index contributed by atoms with van der Waals surface area (Å²) in [6.07, 6.45) is 2.41. The molecule has 0 aliphatic heterocycles. The van der Waals surface area contributed by atoms with E-state index in [4.69, 9.17) is 0 Å². The number of rotatable bonds is 4. The van der Waals surface area contributed by atoms with Crippen LogP contribution in [0.5, 0.6) is 0 Å². The summed E-state index contributed by atoms with van der Waals surface area (Å²) in [6, 6.07) is 0. The van der Waals surface area contributed by atoms with Crippen molar-refractivity contribution < 1.29 is 0 Å². The Morgan fingerprint density at radius 1 is 1.10 bits per heavy atom. The Morgan fingerprint density at radius 3 is 1.90 bits per heavy atom. The van der Waals surface area contributed by atoms with Crippen LogP contribution in [0.2, 0.25) is 0 Å². The van der Waals surface area contributed by atoms with Gasteiger partial charge in [-0.15, -0.1) is 0 Å². The molecule has 0 saturated heterocycles. The van der Waals surface area contributed by atoms with Gasteiger partial charge in [0.25, 0.3) is 0 Å². The molecule has 2 atom stereocenters. The predicted octanol–water partition coefficient (Wildman–Crippen LogP) is 3.53. The first kappa shape index (κ1) is 10.0. The van der Waals surface area contributed by atoms with Crippen LogP contribution in [0.15, 0.2) is 0 Å². The second-order valence-electron chi connectivity index (χ2n) is 3.85. The topological polar surface area (TPSA) is 0 Å². The lowest BCUT2D eigenvalue weighted by Crippen LogP contribution is -2.08. The Labute approximate surface area is 66.0 Å². The van der Waals surface area contributed by atoms with E-state index in [9.17, 15) is 0 Å². The van der Waals surface area contributed by atoms with Crippen molar-refractivity contribution in [3.63, 3.8) is 0 Å². The van der Waals surface area contributed by atoms with Crippen LogP contribution in [-0.4, -0.2) is 0 Å². The summed E-state index contributed by atoms with van der Waals surface area (Å²) in [5.41, 5.74) is 0. The first-order valence-corrected chi connectivity index (χ1v) is 4.37. The first-order valence-electron chi connectivity index (χ1n) is 4.37. The highest BCUT2D eigenvalue weighted by molar-refractivity contribution is 4.62. The molecule has 0 aliphatic carbocycles. The Kier molecular flexibility index (Phi) is 4.76. The Balaban J connectivity index is 3.46. The zero-order chi connectivity index (χ0) is 8.15. The monoisotopic (exact) mass is 141 g/mol. The zero-order valence-corrected chi connectivity index (χ0v) is 7.85. The molecule has 0 saturated carbocycles. The third kappa shape index (κ3) is 3.92. The lowest BCUT2D eigenvalue weighted by Gasteiger charge is -2.18. The molecule has 0 heterocycles. The highest BCUT2D eigenvalue weighted by atomic mass is 14.2. The van der Waals surface area contributed by atoms with Crippen molar-refractivity contribution in [3.8, 4) is 0 Å². The largest absolute Gasteiger partial charge is 0.0625 e. The second kappa shape index (κ2) is 4.76. The van der Waals surface area contributed by atoms with Crippen LogP contribution in [0.4, 0.5) is 0 Å². The van der Waals surface area contributed by atoms with Crippen molar-refractivity contribution in [2.75, 3.05) is 0 Å². The molecule has 0 bridgehead atoms. The fraction of sp³-hybridized carbons (Fsp3) is 0.900. The minimum atomic E-state index is 0.803. The van der Waals surface area contributed by atoms with E-state index in [2.05, 4.69) is 34.6 Å². The normalized spacial score (nSPS) is 17.4. The van der Waals surface area contributed by atoms with E-state index >= 15 is 0 Å². The summed E-state index contributed by atoms with van der Waals surface area (Å²) < 4.78 is 0. The van der Waals surface area contributed by atoms with Gasteiger partial charge in [0.1, 0.15) is 0 Å². The Hall–Kier alpha value is 0. The highest BCUT2D eigenvalue weighted by Gasteiger charge is 2.09. The van der Waals surface area contributed by atoms with Gasteiger partial charge in [0.2, 0.25) is 0 Å². The Bertz CT molecular complexity index is 74.1. The summed E-state index contributed by atoms with van der Waals surface area (Å²) in [6.45, 7) is 13.1. The number of hydrogen-bond acceptors (Lipinski definition) is 0. The van der Waals surface area contributed by atoms with Gasteiger partial charge in [-0.3, -0.25) is 0 Å². The van der Waals surface area contributed by atoms with Gasteiger partial charge in [0.15, 0.2) is 0 Å². The summed E-state index contributed by atoms with van der Waals surface area (Å²) in [5.74, 6) is 2.49. The van der Waals surface area contributed by atoms with Gasteiger partial charge < -0.3 is 0 Å². The van der Waals surface area contributed by atoms with E-state index in [-0.39, 0.29) is 0 Å². The van der Waals surface area contributed by atoms with E-state index in [0.717, 1.165) is 24.2 Å². The maximum Gasteiger partial charge on any atom is -0.0417 e. The van der Waals surface area contributed by atoms with Crippen LogP contribution in [0.25, 0.3) is 0 Å². The van der Waals surface area contributed by atoms with E-state index in [1.807, 2.05) is 0 Å². The molecule has 0 heteroatoms. The van der Waals surface area contributed by atoms with Crippen molar-refractivity contribution in [2.45, 2.75) is 40.5 Å². The molecule has 2 unspecified atom stereocenters. The maximum atomic E-state index is 3.90. The van der Waals surface area contributed by atoms with Crippen molar-refractivity contribution >= 4 is 0 Å². The Morgan fingerprint density at radius 2 is 1.60 bits per heavy atom. The molecule has 0 fully saturated rings. The molecule has 61 valence electrons. The molecule has 0 spiro atoms. The van der Waals surface area contributed by atoms with Crippen molar-refractivity contribution in [3.05, 3.63) is 6.92 Å². The second-order valence-corrected chi connectivity index (χ2v) is 3.85. The zero-order valence-electron chi connectivity index (χ0n) is 7.85. The fourth-order valence-corrected chi connectivity index (χ4v) is 1.02. The molecular weight excluding hydrogens is 120 g/mol. The molecule has 0 rings (SSSR count). The predicted molar refractivity (Wildman–Crippen MR) is 47.8 cm³/mol. The first-order chi connectivity index (χ1) is 4.57. The maximum absolute atomic E-state index is 3.90. The van der Waals surface area contributed by atoms with Crippen molar-refractivity contribution in [2.24, 2.45) is 17.8 Å². The van der Waals surface area contributed by atoms with E-state index in [1.54, 1.807) is 0 Å². The highest BCUT2D eigenvalue weighted by Crippen LogP contribution is 2.20. The van der Waals surface area contributed by atoms with E-state index in [1.165, 1.54) is 6.42 Å². The quantitative estimate of drug-likeness (QED) is 0.562. The smallest absolute Gasteiger partial charge is 0.0417 e. The summed E-state index contributed by atoms with van der Waals surface area (Å²) in [4.78, 5) is 0. The molecular formula is C10H21. The summed E-state index contributed by atoms with van der Waals surface area (Å²) in [7, 11) is 0. The molecule has 0 aromatic rings. The van der Waals surface area contributed by atoms with Gasteiger partial charge in [0, 0.05) is 0 Å². The molecule has 0 aromatic carbocycles. The molecule has 0 nitrogen and oxygen atoms in total. The average Bonchev–Trinajstić information content (AvgIpc) is 1.87. The van der Waals surface area contributed by atoms with Gasteiger partial charge >= 0.3 is 0 Å². The molecule has 0 aromatic heterocycles. The summed E-state index contributed by atoms with van der Waals surface area (Å²) in [5, 5.41) is 0. The standard InChI is InChI=1S/C10H21/c1-6-9(4)7-10(5)8(2)3/h8-10H,1,6-7H2,2-5H3. The third-order valence-electron chi connectivity index (χ3n) is 2.41. The van der Waals surface area contributed by atoms with Crippen LogP contribution in [0.3, 0.4) is 0 Å². The fourth-order valence-electron chi connectivity index (χ4n) is 1.02. The summed E-state index contributed by atoms with van der Waals surface area (Å²) >= 11 is 0. The van der Waals surface area contributed by atoms with E-state index in [0.29, 0.717) is 0 Å². The van der Waals surface area contributed by atoms with E-state index < -0.39 is 0 Å². The minimum absolute atomic E-state index is 0.803. The van der Waals surface area contributed by atoms with Gasteiger partial charge in [-0.25, -0.2) is 0 Å². The lowest BCUT2D eigenvalue weighted by atomic mass is 9.88. The lowest BCUT2D eigenvalue weighted by molar-refractivity contribution is 0.332. The van der Waals surface area contributed by atoms with Crippen LogP contribution < -0.4 is 0 Å². The minimum Gasteiger partial charge on any atom is -0.0625 e. The van der Waals surface area contributed by atoms with Crippen LogP contribution in [0.1, 0.15) is 40.5 Å². The van der Waals surface area contributed by atoms with Gasteiger partial charge in [-0.05, 0) is 24.2 Å². The van der Waals surface area contributed by atoms with Crippen molar-refractivity contribution in [1.29, 1.82) is 0 Å². The van der Waals surface area contributed by atoms with Gasteiger partial charge in [0.05, 0.1) is 0 Å². The molecule has 0 N–H and O–H groups in total. The molecule has 10 heavy (non-hydrogen) atoms. The molecule has 1 radical (unpaired) electrons. The SMILES string of the molecule is [CH2]CC(C)CC(C)C(C)C. The average molecular weight is 141 g/mol. The van der Waals surface area contributed by atoms with Crippen LogP contribution >= 0.6 is 0 Å². The van der Waals surface area contributed by atoms with Gasteiger partial charge in [-0.2, -0.15) is 0 Å². The molecule has 0 aliphatic rings. The van der Waals surface area contributed by atoms with Crippen LogP contribution in [0, 0.1) is 24.7 Å². The third-order valence-corrected chi connectivity index (χ3v) is 2.41. The van der Waals surface area contributed by atoms with Crippen LogP contribution in [-0.2, 0) is 0 Å². The van der Waals surface area contributed by atoms with Crippen molar-refractivity contribution in [1.82, 2.24) is 0 Å². The van der Waals surface area contributed by atoms with Gasteiger partial charge in [-0.1, -0.05) is 41.0 Å².